The van der Waals surface area contributed by atoms with E-state index in [2.05, 4.69) is 33.7 Å². The first-order valence-electron chi connectivity index (χ1n) is 6.42. The fourth-order valence-corrected chi connectivity index (χ4v) is 3.44. The van der Waals surface area contributed by atoms with Crippen molar-refractivity contribution in [2.24, 2.45) is 5.92 Å². The molecule has 0 aliphatic carbocycles. The Morgan fingerprint density at radius 3 is 2.89 bits per heavy atom. The Bertz CT molecular complexity index is 525. The topological polar surface area (TPSA) is 104 Å². The third-order valence-corrected chi connectivity index (χ3v) is 4.98. The number of H-pyrrole nitrogens is 1. The van der Waals surface area contributed by atoms with Crippen LogP contribution in [0.1, 0.15) is 20.3 Å². The molecule has 7 nitrogen and oxygen atoms in total. The molecule has 1 saturated heterocycles. The SMILES string of the molecule is CC(C)N1CCC(CNS(=O)(=O)c2cn[nH]c2N)C1. The second kappa shape index (κ2) is 5.48. The van der Waals surface area contributed by atoms with E-state index in [0.717, 1.165) is 19.5 Å². The van der Waals surface area contributed by atoms with Crippen molar-refractivity contribution in [2.75, 3.05) is 25.4 Å². The maximum atomic E-state index is 12.0. The normalized spacial score (nSPS) is 21.3. The Morgan fingerprint density at radius 2 is 2.37 bits per heavy atom. The molecular formula is C11H21N5O2S. The monoisotopic (exact) mass is 287 g/mol. The maximum absolute atomic E-state index is 12.0. The van der Waals surface area contributed by atoms with Crippen LogP contribution in [-0.2, 0) is 10.0 Å². The van der Waals surface area contributed by atoms with Gasteiger partial charge in [0, 0.05) is 19.1 Å². The molecule has 0 saturated carbocycles. The Labute approximate surface area is 113 Å². The Kier molecular flexibility index (Phi) is 4.12. The molecule has 2 heterocycles. The minimum Gasteiger partial charge on any atom is -0.383 e. The summed E-state index contributed by atoms with van der Waals surface area (Å²) in [5.74, 6) is 0.424. The minimum absolute atomic E-state index is 0.0196. The predicted octanol–water partition coefficient (Wildman–Crippen LogP) is 0.000500. The van der Waals surface area contributed by atoms with E-state index < -0.39 is 10.0 Å². The number of rotatable bonds is 5. The first kappa shape index (κ1) is 14.3. The van der Waals surface area contributed by atoms with Gasteiger partial charge in [0.15, 0.2) is 0 Å². The second-order valence-electron chi connectivity index (χ2n) is 5.24. The van der Waals surface area contributed by atoms with E-state index in [9.17, 15) is 8.42 Å². The van der Waals surface area contributed by atoms with E-state index >= 15 is 0 Å². The quantitative estimate of drug-likeness (QED) is 0.707. The number of aromatic nitrogens is 2. The summed E-state index contributed by atoms with van der Waals surface area (Å²) < 4.78 is 26.7. The average Bonchev–Trinajstić information content (AvgIpc) is 2.95. The second-order valence-corrected chi connectivity index (χ2v) is 6.98. The van der Waals surface area contributed by atoms with E-state index in [1.54, 1.807) is 0 Å². The molecule has 0 bridgehead atoms. The molecule has 0 spiro atoms. The highest BCUT2D eigenvalue weighted by atomic mass is 32.2. The molecule has 8 heteroatoms. The van der Waals surface area contributed by atoms with Crippen molar-refractivity contribution in [1.29, 1.82) is 0 Å². The molecule has 0 radical (unpaired) electrons. The Balaban J connectivity index is 1.91. The van der Waals surface area contributed by atoms with Gasteiger partial charge in [0.2, 0.25) is 10.0 Å². The van der Waals surface area contributed by atoms with Gasteiger partial charge in [0.05, 0.1) is 6.20 Å². The molecule has 1 fully saturated rings. The minimum atomic E-state index is -3.56. The molecule has 0 aromatic carbocycles. The van der Waals surface area contributed by atoms with Crippen LogP contribution in [0.3, 0.4) is 0 Å². The molecule has 108 valence electrons. The van der Waals surface area contributed by atoms with Crippen molar-refractivity contribution < 1.29 is 8.42 Å². The standard InChI is InChI=1S/C11H21N5O2S/c1-8(2)16-4-3-9(7-16)5-14-19(17,18)10-6-13-15-11(10)12/h6,8-9,14H,3-5,7H2,1-2H3,(H3,12,13,15). The Morgan fingerprint density at radius 1 is 1.63 bits per heavy atom. The molecular weight excluding hydrogens is 266 g/mol. The zero-order valence-corrected chi connectivity index (χ0v) is 12.1. The van der Waals surface area contributed by atoms with Crippen LogP contribution in [0.4, 0.5) is 5.82 Å². The summed E-state index contributed by atoms with van der Waals surface area (Å²) in [6.45, 7) is 6.70. The number of nitrogens with zero attached hydrogens (tertiary/aromatic N) is 2. The summed E-state index contributed by atoms with van der Waals surface area (Å²) >= 11 is 0. The molecule has 1 aliphatic heterocycles. The number of hydrogen-bond acceptors (Lipinski definition) is 5. The van der Waals surface area contributed by atoms with Crippen molar-refractivity contribution in [3.05, 3.63) is 6.20 Å². The van der Waals surface area contributed by atoms with Crippen molar-refractivity contribution in [1.82, 2.24) is 19.8 Å². The number of nitrogen functional groups attached to an aromatic ring is 1. The van der Waals surface area contributed by atoms with Crippen LogP contribution >= 0.6 is 0 Å². The fourth-order valence-electron chi connectivity index (χ4n) is 2.30. The first-order chi connectivity index (χ1) is 8.90. The molecule has 1 aromatic heterocycles. The highest BCUT2D eigenvalue weighted by molar-refractivity contribution is 7.89. The molecule has 1 atom stereocenters. The molecule has 19 heavy (non-hydrogen) atoms. The van der Waals surface area contributed by atoms with Gasteiger partial charge in [-0.2, -0.15) is 5.10 Å². The Hall–Kier alpha value is -1.12. The number of sulfonamides is 1. The van der Waals surface area contributed by atoms with Gasteiger partial charge in [-0.25, -0.2) is 13.1 Å². The van der Waals surface area contributed by atoms with Crippen LogP contribution in [0.15, 0.2) is 11.1 Å². The highest BCUT2D eigenvalue weighted by Crippen LogP contribution is 2.19. The van der Waals surface area contributed by atoms with Gasteiger partial charge in [-0.3, -0.25) is 5.10 Å². The predicted molar refractivity (Wildman–Crippen MR) is 73.0 cm³/mol. The highest BCUT2D eigenvalue weighted by Gasteiger charge is 2.26. The molecule has 0 amide bonds. The van der Waals surface area contributed by atoms with Gasteiger partial charge in [-0.1, -0.05) is 0 Å². The van der Waals surface area contributed by atoms with E-state index in [1.165, 1.54) is 6.20 Å². The molecule has 4 N–H and O–H groups in total. The molecule has 1 aromatic rings. The molecule has 1 unspecified atom stereocenters. The fraction of sp³-hybridized carbons (Fsp3) is 0.727. The zero-order chi connectivity index (χ0) is 14.0. The number of likely N-dealkylation sites (tertiary alicyclic amines) is 1. The van der Waals surface area contributed by atoms with Crippen LogP contribution < -0.4 is 10.5 Å². The lowest BCUT2D eigenvalue weighted by Gasteiger charge is -2.20. The number of nitrogens with two attached hydrogens (primary N) is 1. The van der Waals surface area contributed by atoms with Crippen molar-refractivity contribution in [3.63, 3.8) is 0 Å². The molecule has 1 aliphatic rings. The lowest BCUT2D eigenvalue weighted by molar-refractivity contribution is 0.265. The van der Waals surface area contributed by atoms with E-state index in [4.69, 9.17) is 5.73 Å². The lowest BCUT2D eigenvalue weighted by atomic mass is 10.1. The summed E-state index contributed by atoms with van der Waals surface area (Å²) in [6.07, 6.45) is 2.24. The number of hydrogen-bond donors (Lipinski definition) is 3. The summed E-state index contributed by atoms with van der Waals surface area (Å²) in [5.41, 5.74) is 5.53. The van der Waals surface area contributed by atoms with Gasteiger partial charge in [-0.05, 0) is 32.7 Å². The van der Waals surface area contributed by atoms with Crippen LogP contribution in [0, 0.1) is 5.92 Å². The van der Waals surface area contributed by atoms with Gasteiger partial charge in [0.25, 0.3) is 0 Å². The smallest absolute Gasteiger partial charge is 0.245 e. The van der Waals surface area contributed by atoms with E-state index in [0.29, 0.717) is 18.5 Å². The van der Waals surface area contributed by atoms with Crippen LogP contribution in [0.2, 0.25) is 0 Å². The van der Waals surface area contributed by atoms with Crippen LogP contribution in [-0.4, -0.2) is 49.2 Å². The maximum Gasteiger partial charge on any atom is 0.245 e. The van der Waals surface area contributed by atoms with Gasteiger partial charge in [0.1, 0.15) is 10.7 Å². The largest absolute Gasteiger partial charge is 0.383 e. The zero-order valence-electron chi connectivity index (χ0n) is 11.3. The average molecular weight is 287 g/mol. The van der Waals surface area contributed by atoms with Crippen molar-refractivity contribution >= 4 is 15.8 Å². The van der Waals surface area contributed by atoms with Crippen LogP contribution in [0.5, 0.6) is 0 Å². The lowest BCUT2D eigenvalue weighted by Crippen LogP contribution is -2.33. The van der Waals surface area contributed by atoms with Gasteiger partial charge < -0.3 is 10.6 Å². The third kappa shape index (κ3) is 3.26. The number of nitrogens with one attached hydrogen (secondary N) is 2. The van der Waals surface area contributed by atoms with Gasteiger partial charge in [-0.15, -0.1) is 0 Å². The number of anilines is 1. The van der Waals surface area contributed by atoms with E-state index in [-0.39, 0.29) is 10.7 Å². The van der Waals surface area contributed by atoms with Crippen LogP contribution in [0.25, 0.3) is 0 Å². The van der Waals surface area contributed by atoms with Crippen molar-refractivity contribution in [2.45, 2.75) is 31.2 Å². The third-order valence-electron chi connectivity index (χ3n) is 3.53. The van der Waals surface area contributed by atoms with Crippen molar-refractivity contribution in [3.8, 4) is 0 Å². The molecule has 2 rings (SSSR count). The number of aromatic amines is 1. The first-order valence-corrected chi connectivity index (χ1v) is 7.91. The summed E-state index contributed by atoms with van der Waals surface area (Å²) in [4.78, 5) is 2.37. The summed E-state index contributed by atoms with van der Waals surface area (Å²) in [5, 5.41) is 6.05. The summed E-state index contributed by atoms with van der Waals surface area (Å²) in [6, 6.07) is 0.506. The van der Waals surface area contributed by atoms with Gasteiger partial charge >= 0.3 is 0 Å². The van der Waals surface area contributed by atoms with E-state index in [1.807, 2.05) is 0 Å². The summed E-state index contributed by atoms with van der Waals surface area (Å²) in [7, 11) is -3.56.